The maximum absolute atomic E-state index is 12.3. The number of carbonyl (C=O) groups excluding carboxylic acids is 3. The molecule has 8 heteroatoms. The highest BCUT2D eigenvalue weighted by molar-refractivity contribution is 6.00. The fourth-order valence-electron chi connectivity index (χ4n) is 3.08. The Labute approximate surface area is 153 Å². The van der Waals surface area contributed by atoms with Crippen LogP contribution in [0.15, 0.2) is 0 Å². The van der Waals surface area contributed by atoms with E-state index in [1.807, 2.05) is 4.90 Å². The topological polar surface area (TPSA) is 93.5 Å². The summed E-state index contributed by atoms with van der Waals surface area (Å²) in [6, 6.07) is 0. The Balaban J connectivity index is 1.85. The van der Waals surface area contributed by atoms with Crippen molar-refractivity contribution >= 4 is 23.5 Å². The van der Waals surface area contributed by atoms with Crippen LogP contribution in [0, 0.1) is 6.92 Å². The van der Waals surface area contributed by atoms with E-state index in [0.717, 1.165) is 25.9 Å². The van der Waals surface area contributed by atoms with Gasteiger partial charge in [-0.05, 0) is 26.2 Å². The third-order valence-corrected chi connectivity index (χ3v) is 4.73. The van der Waals surface area contributed by atoms with Crippen molar-refractivity contribution in [2.24, 2.45) is 7.05 Å². The van der Waals surface area contributed by atoms with Crippen LogP contribution in [0.3, 0.4) is 0 Å². The van der Waals surface area contributed by atoms with Crippen LogP contribution in [0.2, 0.25) is 0 Å². The second kappa shape index (κ2) is 9.35. The van der Waals surface area contributed by atoms with Gasteiger partial charge in [-0.3, -0.25) is 14.3 Å². The van der Waals surface area contributed by atoms with Crippen LogP contribution in [0.25, 0.3) is 0 Å². The van der Waals surface area contributed by atoms with Crippen LogP contribution in [0.4, 0.5) is 5.69 Å². The molecule has 1 saturated heterocycles. The fraction of sp³-hybridized carbons (Fsp3) is 0.667. The third-order valence-electron chi connectivity index (χ3n) is 4.73. The number of likely N-dealkylation sites (tertiary alicyclic amines) is 1. The molecule has 26 heavy (non-hydrogen) atoms. The molecule has 1 aliphatic rings. The molecule has 1 aromatic heterocycles. The Hall–Kier alpha value is -2.38. The van der Waals surface area contributed by atoms with E-state index in [2.05, 4.69) is 10.4 Å². The van der Waals surface area contributed by atoms with Gasteiger partial charge in [0.05, 0.1) is 18.5 Å². The molecule has 0 aliphatic carbocycles. The number of nitrogens with zero attached hydrogens (tertiary/aromatic N) is 3. The number of amides is 2. The molecule has 1 aliphatic heterocycles. The van der Waals surface area contributed by atoms with E-state index in [1.54, 1.807) is 14.0 Å². The molecule has 144 valence electrons. The van der Waals surface area contributed by atoms with Crippen LogP contribution >= 0.6 is 0 Å². The van der Waals surface area contributed by atoms with Crippen molar-refractivity contribution in [1.82, 2.24) is 14.7 Å². The van der Waals surface area contributed by atoms with Crippen LogP contribution in [-0.2, 0) is 21.4 Å². The first-order valence-electron chi connectivity index (χ1n) is 9.13. The number of aryl methyl sites for hydroxylation is 1. The first-order valence-corrected chi connectivity index (χ1v) is 9.13. The average Bonchev–Trinajstić information content (AvgIpc) is 2.83. The highest BCUT2D eigenvalue weighted by Gasteiger charge is 2.22. The van der Waals surface area contributed by atoms with E-state index >= 15 is 0 Å². The molecule has 2 heterocycles. The zero-order valence-electron chi connectivity index (χ0n) is 15.8. The predicted octanol–water partition coefficient (Wildman–Crippen LogP) is 2.03. The molecule has 0 saturated carbocycles. The van der Waals surface area contributed by atoms with Gasteiger partial charge in [-0.1, -0.05) is 12.8 Å². The lowest BCUT2D eigenvalue weighted by Crippen LogP contribution is -2.31. The number of ether oxygens (including phenoxy) is 1. The van der Waals surface area contributed by atoms with Gasteiger partial charge in [-0.2, -0.15) is 5.10 Å². The normalized spacial score (nSPS) is 14.7. The third kappa shape index (κ3) is 5.06. The molecule has 2 rings (SSSR count). The minimum Gasteiger partial charge on any atom is -0.464 e. The summed E-state index contributed by atoms with van der Waals surface area (Å²) < 4.78 is 6.22. The monoisotopic (exact) mass is 364 g/mol. The Bertz CT molecular complexity index is 660. The number of nitrogens with one attached hydrogen (secondary N) is 1. The second-order valence-electron chi connectivity index (χ2n) is 6.62. The molecule has 1 fully saturated rings. The van der Waals surface area contributed by atoms with Gasteiger partial charge in [0.1, 0.15) is 0 Å². The van der Waals surface area contributed by atoms with Crippen molar-refractivity contribution in [3.05, 3.63) is 11.4 Å². The number of carbonyl (C=O) groups is 3. The average molecular weight is 364 g/mol. The molecule has 1 N–H and O–H groups in total. The predicted molar refractivity (Wildman–Crippen MR) is 96.8 cm³/mol. The largest absolute Gasteiger partial charge is 0.464 e. The first-order chi connectivity index (χ1) is 12.4. The molecule has 0 radical (unpaired) electrons. The van der Waals surface area contributed by atoms with Gasteiger partial charge < -0.3 is 15.0 Å². The second-order valence-corrected chi connectivity index (χ2v) is 6.62. The molecule has 2 amide bonds. The molecular weight excluding hydrogens is 336 g/mol. The standard InChI is InChI=1S/C18H28N4O4/c1-13-16(17(18(25)26-3)20-21(13)2)19-14(23)9-8-10-15(24)22-11-6-4-5-7-12-22/h4-12H2,1-3H3,(H,19,23). The van der Waals surface area contributed by atoms with E-state index < -0.39 is 5.97 Å². The zero-order chi connectivity index (χ0) is 19.1. The fourth-order valence-corrected chi connectivity index (χ4v) is 3.08. The lowest BCUT2D eigenvalue weighted by atomic mass is 10.2. The zero-order valence-corrected chi connectivity index (χ0v) is 15.8. The molecule has 1 aromatic rings. The van der Waals surface area contributed by atoms with Crippen molar-refractivity contribution < 1.29 is 19.1 Å². The smallest absolute Gasteiger partial charge is 0.360 e. The number of anilines is 1. The highest BCUT2D eigenvalue weighted by Crippen LogP contribution is 2.21. The quantitative estimate of drug-likeness (QED) is 0.780. The summed E-state index contributed by atoms with van der Waals surface area (Å²) in [5.74, 6) is -0.720. The maximum Gasteiger partial charge on any atom is 0.360 e. The maximum atomic E-state index is 12.3. The first kappa shape index (κ1) is 19.9. The van der Waals surface area contributed by atoms with E-state index in [0.29, 0.717) is 24.2 Å². The Morgan fingerprint density at radius 1 is 1.12 bits per heavy atom. The summed E-state index contributed by atoms with van der Waals surface area (Å²) in [5.41, 5.74) is 1.11. The van der Waals surface area contributed by atoms with Crippen LogP contribution < -0.4 is 5.32 Å². The molecule has 0 spiro atoms. The minimum absolute atomic E-state index is 0.0847. The summed E-state index contributed by atoms with van der Waals surface area (Å²) in [4.78, 5) is 38.2. The van der Waals surface area contributed by atoms with Crippen LogP contribution in [0.5, 0.6) is 0 Å². The lowest BCUT2D eigenvalue weighted by Gasteiger charge is -2.20. The Kier molecular flexibility index (Phi) is 7.17. The van der Waals surface area contributed by atoms with Gasteiger partial charge in [-0.15, -0.1) is 0 Å². The summed E-state index contributed by atoms with van der Waals surface area (Å²) in [6.07, 6.45) is 5.54. The van der Waals surface area contributed by atoms with Gasteiger partial charge in [0, 0.05) is 33.0 Å². The van der Waals surface area contributed by atoms with Crippen molar-refractivity contribution in [2.45, 2.75) is 51.9 Å². The number of esters is 1. The van der Waals surface area contributed by atoms with Crippen LogP contribution in [0.1, 0.15) is 61.1 Å². The number of hydrogen-bond donors (Lipinski definition) is 1. The van der Waals surface area contributed by atoms with Gasteiger partial charge >= 0.3 is 5.97 Å². The number of aromatic nitrogens is 2. The number of hydrogen-bond acceptors (Lipinski definition) is 5. The summed E-state index contributed by atoms with van der Waals surface area (Å²) in [6.45, 7) is 3.41. The van der Waals surface area contributed by atoms with Gasteiger partial charge in [0.2, 0.25) is 11.8 Å². The summed E-state index contributed by atoms with van der Waals surface area (Å²) >= 11 is 0. The molecule has 0 bridgehead atoms. The highest BCUT2D eigenvalue weighted by atomic mass is 16.5. The molecule has 8 nitrogen and oxygen atoms in total. The molecule has 0 unspecified atom stereocenters. The summed E-state index contributed by atoms with van der Waals surface area (Å²) in [5, 5.41) is 6.81. The van der Waals surface area contributed by atoms with Gasteiger partial charge in [-0.25, -0.2) is 4.79 Å². The summed E-state index contributed by atoms with van der Waals surface area (Å²) in [7, 11) is 2.96. The van der Waals surface area contributed by atoms with Gasteiger partial charge in [0.15, 0.2) is 5.69 Å². The van der Waals surface area contributed by atoms with Crippen molar-refractivity contribution in [1.29, 1.82) is 0 Å². The van der Waals surface area contributed by atoms with E-state index in [4.69, 9.17) is 4.74 Å². The molecular formula is C18H28N4O4. The van der Waals surface area contributed by atoms with E-state index in [-0.39, 0.29) is 23.9 Å². The van der Waals surface area contributed by atoms with Crippen molar-refractivity contribution in [3.8, 4) is 0 Å². The molecule has 0 aromatic carbocycles. The number of methoxy groups -OCH3 is 1. The number of rotatable bonds is 6. The SMILES string of the molecule is COC(=O)c1nn(C)c(C)c1NC(=O)CCCC(=O)N1CCCCCC1. The van der Waals surface area contributed by atoms with Crippen molar-refractivity contribution in [3.63, 3.8) is 0 Å². The lowest BCUT2D eigenvalue weighted by molar-refractivity contribution is -0.131. The van der Waals surface area contributed by atoms with Gasteiger partial charge in [0.25, 0.3) is 0 Å². The minimum atomic E-state index is -0.597. The van der Waals surface area contributed by atoms with E-state index in [1.165, 1.54) is 24.6 Å². The Morgan fingerprint density at radius 3 is 2.38 bits per heavy atom. The molecule has 0 atom stereocenters. The van der Waals surface area contributed by atoms with Crippen LogP contribution in [-0.4, -0.2) is 52.7 Å². The van der Waals surface area contributed by atoms with Crippen molar-refractivity contribution in [2.75, 3.05) is 25.5 Å². The van der Waals surface area contributed by atoms with E-state index in [9.17, 15) is 14.4 Å². The Morgan fingerprint density at radius 2 is 1.77 bits per heavy atom.